The van der Waals surface area contributed by atoms with E-state index >= 15 is 0 Å². The van der Waals surface area contributed by atoms with E-state index < -0.39 is 5.60 Å². The Bertz CT molecular complexity index is 815. The molecular weight excluding hydrogens is 318 g/mol. The van der Waals surface area contributed by atoms with Crippen LogP contribution < -0.4 is 0 Å². The van der Waals surface area contributed by atoms with Gasteiger partial charge in [-0.25, -0.2) is 4.99 Å². The van der Waals surface area contributed by atoms with Crippen molar-refractivity contribution in [3.8, 4) is 0 Å². The Hall–Kier alpha value is -2.46. The molecular formula is C20H17NO2S. The molecule has 1 atom stereocenters. The van der Waals surface area contributed by atoms with Gasteiger partial charge in [-0.05, 0) is 29.8 Å². The second-order valence-corrected chi connectivity index (χ2v) is 6.71. The minimum absolute atomic E-state index is 0.468. The average Bonchev–Trinajstić information content (AvgIpc) is 3.32. The van der Waals surface area contributed by atoms with Gasteiger partial charge in [-0.1, -0.05) is 48.5 Å². The Morgan fingerprint density at radius 2 is 1.67 bits per heavy atom. The van der Waals surface area contributed by atoms with Crippen LogP contribution in [0.25, 0.3) is 0 Å². The quantitative estimate of drug-likeness (QED) is 0.631. The highest BCUT2D eigenvalue weighted by molar-refractivity contribution is 7.99. The molecule has 1 aliphatic heterocycles. The Morgan fingerprint density at radius 3 is 2.38 bits per heavy atom. The van der Waals surface area contributed by atoms with Crippen LogP contribution in [0, 0.1) is 0 Å². The average molecular weight is 335 g/mol. The minimum Gasteiger partial charge on any atom is -0.461 e. The molecule has 1 aliphatic rings. The topological polar surface area (TPSA) is 34.7 Å². The van der Waals surface area contributed by atoms with Gasteiger partial charge in [0, 0.05) is 10.6 Å². The minimum atomic E-state index is -0.468. The van der Waals surface area contributed by atoms with Crippen LogP contribution >= 0.6 is 11.8 Å². The van der Waals surface area contributed by atoms with Crippen LogP contribution in [0.3, 0.4) is 0 Å². The van der Waals surface area contributed by atoms with Crippen molar-refractivity contribution >= 4 is 17.7 Å². The highest BCUT2D eigenvalue weighted by Gasteiger charge is 2.41. The van der Waals surface area contributed by atoms with Crippen molar-refractivity contribution in [3.63, 3.8) is 0 Å². The van der Waals surface area contributed by atoms with Gasteiger partial charge < -0.3 is 9.15 Å². The number of rotatable bonds is 5. The molecule has 1 unspecified atom stereocenters. The van der Waals surface area contributed by atoms with Crippen LogP contribution in [-0.2, 0) is 10.3 Å². The molecule has 2 aromatic carbocycles. The van der Waals surface area contributed by atoms with Gasteiger partial charge in [0.1, 0.15) is 0 Å². The standard InChI is InChI=1S/C20H17NO2S/c1-3-8-16(9-4-1)20(15-24-17-10-5-2-6-11-17)14-21-19(23-20)18-12-7-13-22-18/h1-13H,14-15H2. The van der Waals surface area contributed by atoms with Crippen molar-refractivity contribution in [2.45, 2.75) is 10.5 Å². The molecule has 1 aromatic heterocycles. The normalized spacial score (nSPS) is 19.8. The van der Waals surface area contributed by atoms with Gasteiger partial charge >= 0.3 is 0 Å². The predicted molar refractivity (Wildman–Crippen MR) is 96.5 cm³/mol. The van der Waals surface area contributed by atoms with E-state index in [0.29, 0.717) is 18.2 Å². The summed E-state index contributed by atoms with van der Waals surface area (Å²) in [6.07, 6.45) is 1.64. The van der Waals surface area contributed by atoms with Crippen molar-refractivity contribution in [1.29, 1.82) is 0 Å². The monoisotopic (exact) mass is 335 g/mol. The molecule has 0 amide bonds. The van der Waals surface area contributed by atoms with Crippen molar-refractivity contribution in [2.24, 2.45) is 4.99 Å². The number of ether oxygens (including phenoxy) is 1. The second kappa shape index (κ2) is 6.57. The third-order valence-corrected chi connectivity index (χ3v) is 5.23. The summed E-state index contributed by atoms with van der Waals surface area (Å²) in [5, 5.41) is 0. The molecule has 0 aliphatic carbocycles. The van der Waals surface area contributed by atoms with Gasteiger partial charge in [-0.3, -0.25) is 0 Å². The molecule has 0 fully saturated rings. The van der Waals surface area contributed by atoms with Crippen molar-refractivity contribution < 1.29 is 9.15 Å². The maximum atomic E-state index is 6.34. The molecule has 0 saturated carbocycles. The van der Waals surface area contributed by atoms with Crippen molar-refractivity contribution in [3.05, 3.63) is 90.4 Å². The maximum absolute atomic E-state index is 6.34. The van der Waals surface area contributed by atoms with Gasteiger partial charge in [-0.15, -0.1) is 11.8 Å². The zero-order valence-corrected chi connectivity index (χ0v) is 13.9. The highest BCUT2D eigenvalue weighted by Crippen LogP contribution is 2.37. The Balaban J connectivity index is 1.60. The molecule has 3 nitrogen and oxygen atoms in total. The summed E-state index contributed by atoms with van der Waals surface area (Å²) in [5.74, 6) is 2.05. The van der Waals surface area contributed by atoms with Gasteiger partial charge in [0.2, 0.25) is 0 Å². The lowest BCUT2D eigenvalue weighted by Gasteiger charge is -2.28. The fraction of sp³-hybridized carbons (Fsp3) is 0.150. The van der Waals surface area contributed by atoms with Crippen molar-refractivity contribution in [1.82, 2.24) is 0 Å². The van der Waals surface area contributed by atoms with E-state index in [-0.39, 0.29) is 0 Å². The number of thioether (sulfide) groups is 1. The molecule has 4 heteroatoms. The van der Waals surface area contributed by atoms with E-state index in [1.54, 1.807) is 18.0 Å². The van der Waals surface area contributed by atoms with Gasteiger partial charge in [0.15, 0.2) is 11.4 Å². The predicted octanol–water partition coefficient (Wildman–Crippen LogP) is 4.74. The summed E-state index contributed by atoms with van der Waals surface area (Å²) in [7, 11) is 0. The number of benzene rings is 2. The molecule has 120 valence electrons. The zero-order chi connectivity index (χ0) is 16.2. The van der Waals surface area contributed by atoms with Gasteiger partial charge in [-0.2, -0.15) is 0 Å². The molecule has 0 saturated heterocycles. The van der Waals surface area contributed by atoms with Crippen LogP contribution in [-0.4, -0.2) is 18.2 Å². The van der Waals surface area contributed by atoms with Gasteiger partial charge in [0.05, 0.1) is 12.8 Å². The number of hydrogen-bond acceptors (Lipinski definition) is 4. The third kappa shape index (κ3) is 2.97. The van der Waals surface area contributed by atoms with Crippen LogP contribution in [0.1, 0.15) is 11.3 Å². The van der Waals surface area contributed by atoms with Crippen LogP contribution in [0.15, 0.2) is 93.4 Å². The smallest absolute Gasteiger partial charge is 0.254 e. The maximum Gasteiger partial charge on any atom is 0.254 e. The Kier molecular flexibility index (Phi) is 4.13. The summed E-state index contributed by atoms with van der Waals surface area (Å²) in [6, 6.07) is 24.4. The SMILES string of the molecule is c1ccc(SCC2(c3ccccc3)CN=C(c3ccco3)O2)cc1. The molecule has 0 radical (unpaired) electrons. The third-order valence-electron chi connectivity index (χ3n) is 4.02. The summed E-state index contributed by atoms with van der Waals surface area (Å²) >= 11 is 1.78. The lowest BCUT2D eigenvalue weighted by molar-refractivity contribution is 0.112. The highest BCUT2D eigenvalue weighted by atomic mass is 32.2. The molecule has 4 rings (SSSR count). The fourth-order valence-corrected chi connectivity index (χ4v) is 3.81. The first-order chi connectivity index (χ1) is 11.9. The number of aliphatic imine (C=N–C) groups is 1. The van der Waals surface area contributed by atoms with Crippen LogP contribution in [0.4, 0.5) is 0 Å². The molecule has 0 bridgehead atoms. The lowest BCUT2D eigenvalue weighted by Crippen LogP contribution is -2.33. The van der Waals surface area contributed by atoms with E-state index in [9.17, 15) is 0 Å². The second-order valence-electron chi connectivity index (χ2n) is 5.66. The summed E-state index contributed by atoms with van der Waals surface area (Å²) in [5.41, 5.74) is 0.669. The fourth-order valence-electron chi connectivity index (χ4n) is 2.74. The first kappa shape index (κ1) is 15.1. The number of hydrogen-bond donors (Lipinski definition) is 0. The first-order valence-corrected chi connectivity index (χ1v) is 8.85. The molecule has 24 heavy (non-hydrogen) atoms. The molecule has 3 aromatic rings. The Labute approximate surface area is 145 Å². The summed E-state index contributed by atoms with van der Waals surface area (Å²) in [4.78, 5) is 5.83. The first-order valence-electron chi connectivity index (χ1n) is 7.86. The van der Waals surface area contributed by atoms with Crippen LogP contribution in [0.2, 0.25) is 0 Å². The molecule has 0 spiro atoms. The van der Waals surface area contributed by atoms with E-state index in [1.807, 2.05) is 36.4 Å². The Morgan fingerprint density at radius 1 is 0.917 bits per heavy atom. The summed E-state index contributed by atoms with van der Waals surface area (Å²) < 4.78 is 11.8. The molecule has 2 heterocycles. The van der Waals surface area contributed by atoms with Crippen LogP contribution in [0.5, 0.6) is 0 Å². The summed E-state index contributed by atoms with van der Waals surface area (Å²) in [6.45, 7) is 0.590. The number of furan rings is 1. The van der Waals surface area contributed by atoms with E-state index in [0.717, 1.165) is 11.3 Å². The van der Waals surface area contributed by atoms with E-state index in [1.165, 1.54) is 4.90 Å². The molecule has 0 N–H and O–H groups in total. The van der Waals surface area contributed by atoms with E-state index in [4.69, 9.17) is 9.15 Å². The zero-order valence-electron chi connectivity index (χ0n) is 13.1. The van der Waals surface area contributed by atoms with E-state index in [2.05, 4.69) is 41.4 Å². The lowest BCUT2D eigenvalue weighted by atomic mass is 9.96. The van der Waals surface area contributed by atoms with Crippen molar-refractivity contribution in [2.75, 3.05) is 12.3 Å². The van der Waals surface area contributed by atoms with Gasteiger partial charge in [0.25, 0.3) is 5.90 Å². The number of nitrogens with zero attached hydrogens (tertiary/aromatic N) is 1. The largest absolute Gasteiger partial charge is 0.461 e.